The molecule has 0 spiro atoms. The fourth-order valence-corrected chi connectivity index (χ4v) is 4.22. The molecule has 0 bridgehead atoms. The molecule has 1 aliphatic carbocycles. The molecule has 4 rings (SSSR count). The maximum atomic E-state index is 13.4. The molecule has 0 fully saturated rings. The van der Waals surface area contributed by atoms with E-state index < -0.39 is 5.92 Å². The molecule has 3 N–H and O–H groups in total. The van der Waals surface area contributed by atoms with Crippen molar-refractivity contribution in [2.75, 3.05) is 12.4 Å². The zero-order valence-corrected chi connectivity index (χ0v) is 17.8. The van der Waals surface area contributed by atoms with Gasteiger partial charge in [0.15, 0.2) is 17.3 Å². The van der Waals surface area contributed by atoms with Gasteiger partial charge in [-0.05, 0) is 56.0 Å². The fourth-order valence-electron chi connectivity index (χ4n) is 4.22. The van der Waals surface area contributed by atoms with Crippen molar-refractivity contribution >= 4 is 17.5 Å². The molecule has 2 aliphatic rings. The largest absolute Gasteiger partial charge is 0.504 e. The van der Waals surface area contributed by atoms with E-state index in [-0.39, 0.29) is 17.4 Å². The molecule has 7 nitrogen and oxygen atoms in total. The number of anilines is 1. The number of methoxy groups -OCH3 is 1. The second kappa shape index (κ2) is 8.26. The average Bonchev–Trinajstić information content (AvgIpc) is 2.75. The highest BCUT2D eigenvalue weighted by atomic mass is 16.5. The lowest BCUT2D eigenvalue weighted by molar-refractivity contribution is -0.116. The maximum absolute atomic E-state index is 13.4. The first-order valence-electron chi connectivity index (χ1n) is 10.2. The number of ketones is 1. The number of pyridine rings is 1. The molecule has 160 valence electrons. The summed E-state index contributed by atoms with van der Waals surface area (Å²) in [6.45, 7) is 3.76. The summed E-state index contributed by atoms with van der Waals surface area (Å²) in [5.41, 5.74) is 4.30. The first-order valence-corrected chi connectivity index (χ1v) is 10.2. The summed E-state index contributed by atoms with van der Waals surface area (Å²) < 4.78 is 5.28. The van der Waals surface area contributed by atoms with Crippen LogP contribution in [0, 0.1) is 6.92 Å². The normalized spacial score (nSPS) is 18.4. The number of phenolic OH excluding ortho intramolecular Hbond substituents is 1. The number of nitrogens with one attached hydrogen (secondary N) is 2. The standard InChI is InChI=1S/C24H25N3O4/c1-13-7-10-20(25-12-13)27-24(30)21-14(2)26-16-5-4-6-18(29)23(16)22(21)15-8-9-17(28)19(11-15)31-3/h7-12,22,26,28H,4-6H2,1-3H3,(H,25,27,30). The van der Waals surface area contributed by atoms with Gasteiger partial charge < -0.3 is 20.5 Å². The van der Waals surface area contributed by atoms with Crippen LogP contribution in [0.5, 0.6) is 11.5 Å². The Morgan fingerprint density at radius 2 is 2.03 bits per heavy atom. The lowest BCUT2D eigenvalue weighted by atomic mass is 9.75. The summed E-state index contributed by atoms with van der Waals surface area (Å²) >= 11 is 0. The summed E-state index contributed by atoms with van der Waals surface area (Å²) in [5, 5.41) is 16.2. The minimum Gasteiger partial charge on any atom is -0.504 e. The molecule has 0 radical (unpaired) electrons. The van der Waals surface area contributed by atoms with Crippen LogP contribution in [-0.4, -0.2) is 28.9 Å². The number of carbonyl (C=O) groups is 2. The number of benzene rings is 1. The molecular weight excluding hydrogens is 394 g/mol. The summed E-state index contributed by atoms with van der Waals surface area (Å²) in [6, 6.07) is 8.55. The molecule has 2 aromatic rings. The quantitative estimate of drug-likeness (QED) is 0.699. The van der Waals surface area contributed by atoms with Crippen LogP contribution in [-0.2, 0) is 9.59 Å². The second-order valence-corrected chi connectivity index (χ2v) is 7.87. The predicted molar refractivity (Wildman–Crippen MR) is 117 cm³/mol. The minimum absolute atomic E-state index is 0.0000772. The van der Waals surface area contributed by atoms with Gasteiger partial charge >= 0.3 is 0 Å². The van der Waals surface area contributed by atoms with E-state index in [0.717, 1.165) is 24.1 Å². The van der Waals surface area contributed by atoms with Crippen LogP contribution < -0.4 is 15.4 Å². The van der Waals surface area contributed by atoms with E-state index in [0.29, 0.717) is 40.4 Å². The van der Waals surface area contributed by atoms with Crippen LogP contribution >= 0.6 is 0 Å². The van der Waals surface area contributed by atoms with Crippen LogP contribution in [0.2, 0.25) is 0 Å². The number of hydrogen-bond donors (Lipinski definition) is 3. The number of hydrogen-bond acceptors (Lipinski definition) is 6. The number of Topliss-reactive ketones (excluding diaryl/α,β-unsaturated/α-hetero) is 1. The minimum atomic E-state index is -0.566. The molecule has 31 heavy (non-hydrogen) atoms. The first-order chi connectivity index (χ1) is 14.9. The molecule has 0 saturated carbocycles. The lowest BCUT2D eigenvalue weighted by Gasteiger charge is -2.34. The number of ether oxygens (including phenoxy) is 1. The summed E-state index contributed by atoms with van der Waals surface area (Å²) in [7, 11) is 1.47. The van der Waals surface area contributed by atoms with Gasteiger partial charge in [0, 0.05) is 41.1 Å². The van der Waals surface area contributed by atoms with Gasteiger partial charge in [0.25, 0.3) is 5.91 Å². The Hall–Kier alpha value is -3.61. The van der Waals surface area contributed by atoms with Gasteiger partial charge in [-0.2, -0.15) is 0 Å². The van der Waals surface area contributed by atoms with Gasteiger partial charge in [0.1, 0.15) is 5.82 Å². The van der Waals surface area contributed by atoms with Crippen LogP contribution in [0.4, 0.5) is 5.82 Å². The summed E-state index contributed by atoms with van der Waals surface area (Å²) in [4.78, 5) is 30.6. The van der Waals surface area contributed by atoms with Crippen molar-refractivity contribution in [3.8, 4) is 11.5 Å². The first kappa shape index (κ1) is 20.7. The third-order valence-corrected chi connectivity index (χ3v) is 5.71. The van der Waals surface area contributed by atoms with E-state index in [4.69, 9.17) is 4.74 Å². The van der Waals surface area contributed by atoms with Gasteiger partial charge in [-0.1, -0.05) is 12.1 Å². The lowest BCUT2D eigenvalue weighted by Crippen LogP contribution is -2.35. The number of dihydropyridines is 1. The van der Waals surface area contributed by atoms with Gasteiger partial charge in [-0.15, -0.1) is 0 Å². The van der Waals surface area contributed by atoms with Crippen molar-refractivity contribution in [3.63, 3.8) is 0 Å². The molecule has 0 saturated heterocycles. The number of nitrogens with zero attached hydrogens (tertiary/aromatic N) is 1. The van der Waals surface area contributed by atoms with Crippen molar-refractivity contribution in [2.45, 2.75) is 39.0 Å². The Morgan fingerprint density at radius 3 is 2.74 bits per heavy atom. The van der Waals surface area contributed by atoms with Crippen LogP contribution in [0.15, 0.2) is 59.1 Å². The second-order valence-electron chi connectivity index (χ2n) is 7.87. The molecule has 1 aliphatic heterocycles. The SMILES string of the molecule is COc1cc(C2C(C(=O)Nc3ccc(C)cn3)=C(C)NC3=C2C(=O)CCC3)ccc1O. The smallest absolute Gasteiger partial charge is 0.255 e. The molecule has 2 heterocycles. The maximum Gasteiger partial charge on any atom is 0.255 e. The Morgan fingerprint density at radius 1 is 1.23 bits per heavy atom. The van der Waals surface area contributed by atoms with E-state index in [2.05, 4.69) is 15.6 Å². The van der Waals surface area contributed by atoms with Crippen LogP contribution in [0.1, 0.15) is 43.2 Å². The van der Waals surface area contributed by atoms with E-state index in [9.17, 15) is 14.7 Å². The topological polar surface area (TPSA) is 101 Å². The number of allylic oxidation sites excluding steroid dienone is 3. The van der Waals surface area contributed by atoms with Gasteiger partial charge in [-0.25, -0.2) is 4.98 Å². The van der Waals surface area contributed by atoms with Gasteiger partial charge in [0.05, 0.1) is 7.11 Å². The summed E-state index contributed by atoms with van der Waals surface area (Å²) in [6.07, 6.45) is 3.65. The van der Waals surface area contributed by atoms with Crippen LogP contribution in [0.25, 0.3) is 0 Å². The number of phenols is 1. The molecule has 7 heteroatoms. The Kier molecular flexibility index (Phi) is 5.50. The van der Waals surface area contributed by atoms with Crippen molar-refractivity contribution < 1.29 is 19.4 Å². The number of aromatic nitrogens is 1. The van der Waals surface area contributed by atoms with E-state index >= 15 is 0 Å². The van der Waals surface area contributed by atoms with Crippen molar-refractivity contribution in [3.05, 3.63) is 70.2 Å². The predicted octanol–water partition coefficient (Wildman–Crippen LogP) is 3.71. The number of aromatic hydroxyl groups is 1. The Labute approximate surface area is 180 Å². The number of rotatable bonds is 4. The summed E-state index contributed by atoms with van der Waals surface area (Å²) in [5.74, 6) is -0.143. The van der Waals surface area contributed by atoms with Gasteiger partial charge in [0.2, 0.25) is 0 Å². The molecule has 1 amide bonds. The average molecular weight is 419 g/mol. The highest BCUT2D eigenvalue weighted by Crippen LogP contribution is 2.44. The van der Waals surface area contributed by atoms with Crippen molar-refractivity contribution in [1.29, 1.82) is 0 Å². The fraction of sp³-hybridized carbons (Fsp3) is 0.292. The Bertz CT molecular complexity index is 1120. The van der Waals surface area contributed by atoms with E-state index in [1.54, 1.807) is 24.4 Å². The third kappa shape index (κ3) is 3.91. The molecule has 1 aromatic carbocycles. The number of carbonyl (C=O) groups excluding carboxylic acids is 2. The highest BCUT2D eigenvalue weighted by molar-refractivity contribution is 6.09. The molecule has 1 unspecified atom stereocenters. The van der Waals surface area contributed by atoms with Crippen LogP contribution in [0.3, 0.4) is 0 Å². The van der Waals surface area contributed by atoms with Gasteiger partial charge in [-0.3, -0.25) is 9.59 Å². The number of aryl methyl sites for hydroxylation is 1. The third-order valence-electron chi connectivity index (χ3n) is 5.71. The van der Waals surface area contributed by atoms with E-state index in [1.807, 2.05) is 19.9 Å². The molecule has 1 aromatic heterocycles. The zero-order valence-electron chi connectivity index (χ0n) is 17.8. The van der Waals surface area contributed by atoms with E-state index in [1.165, 1.54) is 13.2 Å². The van der Waals surface area contributed by atoms with Crippen molar-refractivity contribution in [1.82, 2.24) is 10.3 Å². The number of amides is 1. The monoisotopic (exact) mass is 419 g/mol. The molecular formula is C24H25N3O4. The Balaban J connectivity index is 1.80. The molecule has 1 atom stereocenters. The van der Waals surface area contributed by atoms with Crippen molar-refractivity contribution in [2.24, 2.45) is 0 Å². The highest BCUT2D eigenvalue weighted by Gasteiger charge is 2.38. The zero-order chi connectivity index (χ0) is 22.1.